The quantitative estimate of drug-likeness (QED) is 0.250. The zero-order chi connectivity index (χ0) is 24.4. The molecule has 0 fully saturated rings. The Labute approximate surface area is 194 Å². The van der Waals surface area contributed by atoms with E-state index in [0.29, 0.717) is 39.6 Å². The summed E-state index contributed by atoms with van der Waals surface area (Å²) < 4.78 is 43.7. The number of rotatable bonds is 20. The highest BCUT2D eigenvalue weighted by Crippen LogP contribution is 2.05. The van der Waals surface area contributed by atoms with Gasteiger partial charge < -0.3 is 37.9 Å². The molecule has 9 heteroatoms. The highest BCUT2D eigenvalue weighted by Gasteiger charge is 2.17. The topological polar surface area (TPSA) is 90.9 Å². The Balaban J connectivity index is 3.91. The van der Waals surface area contributed by atoms with Crippen LogP contribution in [-0.2, 0) is 37.9 Å². The van der Waals surface area contributed by atoms with Gasteiger partial charge in [0.25, 0.3) is 0 Å². The molecule has 0 heterocycles. The monoisotopic (exact) mass is 466 g/mol. The van der Waals surface area contributed by atoms with Crippen LogP contribution >= 0.6 is 0 Å². The zero-order valence-electron chi connectivity index (χ0n) is 21.3. The molecule has 0 aliphatic rings. The normalized spacial score (nSPS) is 17.2. The molecule has 0 aromatic heterocycles. The molecule has 0 rings (SSSR count). The molecule has 0 aromatic rings. The molecule has 0 spiro atoms. The predicted octanol–water partition coefficient (Wildman–Crippen LogP) is 3.61. The second-order valence-corrected chi connectivity index (χ2v) is 8.00. The molecule has 0 bridgehead atoms. The maximum atomic E-state index is 12.0. The fourth-order valence-electron chi connectivity index (χ4n) is 2.38. The largest absolute Gasteiger partial charge is 0.508 e. The molecule has 6 atom stereocenters. The minimum Gasteiger partial charge on any atom is -0.429 e. The Morgan fingerprint density at radius 2 is 0.781 bits per heavy atom. The van der Waals surface area contributed by atoms with Crippen molar-refractivity contribution in [2.24, 2.45) is 0 Å². The van der Waals surface area contributed by atoms with E-state index >= 15 is 0 Å². The summed E-state index contributed by atoms with van der Waals surface area (Å²) in [4.78, 5) is 12.0. The summed E-state index contributed by atoms with van der Waals surface area (Å²) in [5.74, 6) is 0. The van der Waals surface area contributed by atoms with E-state index in [4.69, 9.17) is 37.9 Å². The standard InChI is InChI=1S/C23H46O9/c1-9-25-11-17(3)27-13-19(5)29-15-21(7)31-23(24)32-22(8)16-30-20(6)14-28-18(4)12-26-10-2/h17-22H,9-16H2,1-8H3. The lowest BCUT2D eigenvalue weighted by molar-refractivity contribution is -0.0884. The first-order valence-electron chi connectivity index (χ1n) is 11.7. The third-order valence-corrected chi connectivity index (χ3v) is 4.17. The maximum absolute atomic E-state index is 12.0. The molecular weight excluding hydrogens is 420 g/mol. The van der Waals surface area contributed by atoms with Crippen molar-refractivity contribution in [3.63, 3.8) is 0 Å². The molecule has 9 nitrogen and oxygen atoms in total. The van der Waals surface area contributed by atoms with Gasteiger partial charge in [-0.25, -0.2) is 4.79 Å². The lowest BCUT2D eigenvalue weighted by Gasteiger charge is -2.21. The summed E-state index contributed by atoms with van der Waals surface area (Å²) in [6.45, 7) is 18.9. The van der Waals surface area contributed by atoms with Gasteiger partial charge in [-0.3, -0.25) is 0 Å². The van der Waals surface area contributed by atoms with Gasteiger partial charge in [0.1, 0.15) is 12.2 Å². The summed E-state index contributed by atoms with van der Waals surface area (Å²) in [6, 6.07) is 0. The summed E-state index contributed by atoms with van der Waals surface area (Å²) in [5.41, 5.74) is 0. The molecular formula is C23H46O9. The van der Waals surface area contributed by atoms with Crippen molar-refractivity contribution >= 4 is 6.16 Å². The van der Waals surface area contributed by atoms with Crippen molar-refractivity contribution in [2.45, 2.75) is 92.0 Å². The highest BCUT2D eigenvalue weighted by molar-refractivity contribution is 5.60. The van der Waals surface area contributed by atoms with Gasteiger partial charge in [-0.15, -0.1) is 0 Å². The molecule has 0 saturated carbocycles. The molecule has 0 radical (unpaired) electrons. The number of hydrogen-bond donors (Lipinski definition) is 0. The third kappa shape index (κ3) is 18.6. The van der Waals surface area contributed by atoms with Gasteiger partial charge >= 0.3 is 6.16 Å². The number of carbonyl (C=O) groups excluding carboxylic acids is 1. The highest BCUT2D eigenvalue weighted by atomic mass is 16.7. The van der Waals surface area contributed by atoms with Crippen LogP contribution in [-0.4, -0.2) is 95.6 Å². The van der Waals surface area contributed by atoms with Crippen LogP contribution in [0.1, 0.15) is 55.4 Å². The van der Waals surface area contributed by atoms with Gasteiger partial charge in [-0.1, -0.05) is 0 Å². The van der Waals surface area contributed by atoms with Crippen LogP contribution < -0.4 is 0 Å². The van der Waals surface area contributed by atoms with E-state index in [9.17, 15) is 4.79 Å². The van der Waals surface area contributed by atoms with Crippen LogP contribution in [0.5, 0.6) is 0 Å². The SMILES string of the molecule is CCOCC(C)OCC(C)OCC(C)OC(=O)OC(C)COC(C)COC(C)COCC. The Morgan fingerprint density at radius 1 is 0.500 bits per heavy atom. The van der Waals surface area contributed by atoms with E-state index < -0.39 is 18.4 Å². The van der Waals surface area contributed by atoms with Crippen molar-refractivity contribution in [3.8, 4) is 0 Å². The number of ether oxygens (including phenoxy) is 8. The Morgan fingerprint density at radius 3 is 1.09 bits per heavy atom. The average molecular weight is 467 g/mol. The smallest absolute Gasteiger partial charge is 0.429 e. The molecule has 0 amide bonds. The van der Waals surface area contributed by atoms with Crippen molar-refractivity contribution < 1.29 is 42.7 Å². The summed E-state index contributed by atoms with van der Waals surface area (Å²) >= 11 is 0. The Kier molecular flexibility index (Phi) is 18.9. The Hall–Kier alpha value is -0.970. The van der Waals surface area contributed by atoms with E-state index in [0.717, 1.165) is 0 Å². The van der Waals surface area contributed by atoms with Crippen LogP contribution in [0, 0.1) is 0 Å². The van der Waals surface area contributed by atoms with Gasteiger partial charge in [-0.2, -0.15) is 0 Å². The van der Waals surface area contributed by atoms with E-state index in [1.165, 1.54) is 0 Å². The molecule has 32 heavy (non-hydrogen) atoms. The maximum Gasteiger partial charge on any atom is 0.508 e. The zero-order valence-corrected chi connectivity index (χ0v) is 21.3. The predicted molar refractivity (Wildman–Crippen MR) is 121 cm³/mol. The molecule has 192 valence electrons. The van der Waals surface area contributed by atoms with E-state index in [-0.39, 0.29) is 37.6 Å². The molecule has 0 aromatic carbocycles. The second kappa shape index (κ2) is 19.5. The fraction of sp³-hybridized carbons (Fsp3) is 0.957. The van der Waals surface area contributed by atoms with Crippen LogP contribution in [0.25, 0.3) is 0 Å². The van der Waals surface area contributed by atoms with E-state index in [2.05, 4.69) is 0 Å². The number of carbonyl (C=O) groups is 1. The third-order valence-electron chi connectivity index (χ3n) is 4.17. The summed E-state index contributed by atoms with van der Waals surface area (Å²) in [6.07, 6.45) is -1.90. The first kappa shape index (κ1) is 31.0. The lowest BCUT2D eigenvalue weighted by atomic mass is 10.4. The Bertz CT molecular complexity index is 411. The van der Waals surface area contributed by atoms with Crippen LogP contribution in [0.4, 0.5) is 4.79 Å². The molecule has 0 aliphatic carbocycles. The van der Waals surface area contributed by atoms with Crippen LogP contribution in [0.2, 0.25) is 0 Å². The molecule has 0 N–H and O–H groups in total. The van der Waals surface area contributed by atoms with Gasteiger partial charge in [0.2, 0.25) is 0 Å². The minimum absolute atomic E-state index is 0.00103. The van der Waals surface area contributed by atoms with Gasteiger partial charge in [-0.05, 0) is 55.4 Å². The second-order valence-electron chi connectivity index (χ2n) is 8.00. The molecule has 6 unspecified atom stereocenters. The van der Waals surface area contributed by atoms with Gasteiger partial charge in [0.05, 0.1) is 64.1 Å². The van der Waals surface area contributed by atoms with Crippen molar-refractivity contribution in [3.05, 3.63) is 0 Å². The van der Waals surface area contributed by atoms with Crippen molar-refractivity contribution in [2.75, 3.05) is 52.9 Å². The fourth-order valence-corrected chi connectivity index (χ4v) is 2.38. The van der Waals surface area contributed by atoms with Crippen molar-refractivity contribution in [1.29, 1.82) is 0 Å². The van der Waals surface area contributed by atoms with Crippen LogP contribution in [0.3, 0.4) is 0 Å². The van der Waals surface area contributed by atoms with E-state index in [1.807, 2.05) is 41.5 Å². The summed E-state index contributed by atoms with van der Waals surface area (Å²) in [7, 11) is 0. The molecule has 0 aliphatic heterocycles. The minimum atomic E-state index is -0.749. The first-order valence-corrected chi connectivity index (χ1v) is 11.7. The van der Waals surface area contributed by atoms with E-state index in [1.54, 1.807) is 13.8 Å². The molecule has 0 saturated heterocycles. The van der Waals surface area contributed by atoms with Gasteiger partial charge in [0.15, 0.2) is 0 Å². The number of hydrogen-bond acceptors (Lipinski definition) is 9. The van der Waals surface area contributed by atoms with Crippen molar-refractivity contribution in [1.82, 2.24) is 0 Å². The van der Waals surface area contributed by atoms with Crippen LogP contribution in [0.15, 0.2) is 0 Å². The first-order chi connectivity index (χ1) is 15.2. The summed E-state index contributed by atoms with van der Waals surface area (Å²) in [5, 5.41) is 0. The lowest BCUT2D eigenvalue weighted by Crippen LogP contribution is -2.30. The van der Waals surface area contributed by atoms with Gasteiger partial charge in [0, 0.05) is 13.2 Å². The average Bonchev–Trinajstić information content (AvgIpc) is 2.75.